The molecule has 0 amide bonds. The molecule has 0 spiro atoms. The molecule has 0 fully saturated rings. The molecule has 2 rings (SSSR count). The van der Waals surface area contributed by atoms with E-state index >= 15 is 0 Å². The Kier molecular flexibility index (Phi) is 2.00. The van der Waals surface area contributed by atoms with Crippen molar-refractivity contribution in [2.45, 2.75) is 17.6 Å². The second-order valence-corrected chi connectivity index (χ2v) is 4.69. The van der Waals surface area contributed by atoms with Crippen LogP contribution in [-0.4, -0.2) is 14.2 Å². The van der Waals surface area contributed by atoms with E-state index in [1.807, 2.05) is 0 Å². The van der Waals surface area contributed by atoms with Crippen LogP contribution >= 0.6 is 0 Å². The minimum Gasteiger partial charge on any atom is -0.449 e. The first kappa shape index (κ1) is 10.0. The van der Waals surface area contributed by atoms with Gasteiger partial charge in [0.25, 0.3) is 5.79 Å². The van der Waals surface area contributed by atoms with Crippen molar-refractivity contribution in [1.29, 1.82) is 0 Å². The van der Waals surface area contributed by atoms with Gasteiger partial charge in [0, 0.05) is 6.92 Å². The number of para-hydroxylation sites is 1. The first-order chi connectivity index (χ1) is 6.97. The lowest BCUT2D eigenvalue weighted by Gasteiger charge is -2.30. The Morgan fingerprint density at radius 2 is 2.07 bits per heavy atom. The van der Waals surface area contributed by atoms with Crippen LogP contribution in [0.1, 0.15) is 6.92 Å². The average Bonchev–Trinajstić information content (AvgIpc) is 2.16. The first-order valence-electron chi connectivity index (χ1n) is 4.18. The summed E-state index contributed by atoms with van der Waals surface area (Å²) in [5, 5.41) is 0. The lowest BCUT2D eigenvalue weighted by molar-refractivity contribution is -0.0515. The number of hydrogen-bond acceptors (Lipinski definition) is 4. The molecule has 1 aliphatic rings. The van der Waals surface area contributed by atoms with Crippen molar-refractivity contribution >= 4 is 10.1 Å². The number of benzene rings is 1. The van der Waals surface area contributed by atoms with Crippen molar-refractivity contribution in [3.63, 3.8) is 0 Å². The second-order valence-electron chi connectivity index (χ2n) is 3.18. The van der Waals surface area contributed by atoms with Gasteiger partial charge in [-0.15, -0.1) is 6.42 Å². The van der Waals surface area contributed by atoms with E-state index in [9.17, 15) is 8.42 Å². The van der Waals surface area contributed by atoms with Crippen molar-refractivity contribution in [2.24, 2.45) is 0 Å². The van der Waals surface area contributed by atoms with Gasteiger partial charge in [0.15, 0.2) is 0 Å². The highest BCUT2D eigenvalue weighted by molar-refractivity contribution is 7.87. The summed E-state index contributed by atoms with van der Waals surface area (Å²) in [5.74, 6) is 0.803. The molecule has 0 aromatic heterocycles. The molecule has 4 nitrogen and oxygen atoms in total. The highest BCUT2D eigenvalue weighted by Crippen LogP contribution is 2.35. The van der Waals surface area contributed by atoms with Crippen LogP contribution in [0.15, 0.2) is 29.2 Å². The Morgan fingerprint density at radius 3 is 2.73 bits per heavy atom. The molecule has 78 valence electrons. The minimum atomic E-state index is -3.83. The topological polar surface area (TPSA) is 52.6 Å². The Hall–Kier alpha value is -1.51. The van der Waals surface area contributed by atoms with Gasteiger partial charge in [0.05, 0.1) is 0 Å². The second kappa shape index (κ2) is 2.99. The molecule has 1 aromatic carbocycles. The molecular weight excluding hydrogens is 216 g/mol. The molecule has 0 aliphatic carbocycles. The molecule has 0 bridgehead atoms. The Labute approximate surface area is 87.9 Å². The molecule has 1 unspecified atom stereocenters. The fourth-order valence-electron chi connectivity index (χ4n) is 1.28. The van der Waals surface area contributed by atoms with Crippen LogP contribution in [0.25, 0.3) is 0 Å². The third kappa shape index (κ3) is 1.58. The molecule has 1 heterocycles. The molecule has 0 radical (unpaired) electrons. The van der Waals surface area contributed by atoms with Crippen LogP contribution in [0.4, 0.5) is 0 Å². The summed E-state index contributed by atoms with van der Waals surface area (Å²) >= 11 is 0. The quantitative estimate of drug-likeness (QED) is 0.489. The van der Waals surface area contributed by atoms with Crippen molar-refractivity contribution in [3.8, 4) is 18.1 Å². The van der Waals surface area contributed by atoms with Crippen molar-refractivity contribution in [1.82, 2.24) is 0 Å². The standard InChI is InChI=1S/C10H8O4S/c1-3-10(2)13-8-6-4-5-7-9(8)15(11,12)14-10/h1,4-7H,2H3. The molecule has 5 heteroatoms. The molecular formula is C10H8O4S. The smallest absolute Gasteiger partial charge is 0.304 e. The van der Waals surface area contributed by atoms with Crippen LogP contribution < -0.4 is 4.74 Å². The van der Waals surface area contributed by atoms with E-state index in [-0.39, 0.29) is 10.6 Å². The monoisotopic (exact) mass is 224 g/mol. The Bertz CT molecular complexity index is 541. The van der Waals surface area contributed by atoms with Crippen molar-refractivity contribution in [3.05, 3.63) is 24.3 Å². The van der Waals surface area contributed by atoms with E-state index in [1.165, 1.54) is 19.1 Å². The van der Waals surface area contributed by atoms with Crippen LogP contribution in [0.2, 0.25) is 0 Å². The molecule has 0 N–H and O–H groups in total. The maximum absolute atomic E-state index is 11.6. The van der Waals surface area contributed by atoms with Gasteiger partial charge in [-0.1, -0.05) is 12.1 Å². The maximum Gasteiger partial charge on any atom is 0.304 e. The molecule has 0 saturated carbocycles. The predicted molar refractivity (Wildman–Crippen MR) is 52.6 cm³/mol. The van der Waals surface area contributed by atoms with Crippen LogP contribution in [0.5, 0.6) is 5.75 Å². The van der Waals surface area contributed by atoms with Crippen molar-refractivity contribution < 1.29 is 17.3 Å². The van der Waals surface area contributed by atoms with Gasteiger partial charge >= 0.3 is 10.1 Å². The zero-order valence-corrected chi connectivity index (χ0v) is 8.74. The Morgan fingerprint density at radius 1 is 1.40 bits per heavy atom. The highest BCUT2D eigenvalue weighted by Gasteiger charge is 2.40. The number of ether oxygens (including phenoxy) is 1. The van der Waals surface area contributed by atoms with Gasteiger partial charge in [-0.05, 0) is 18.1 Å². The fraction of sp³-hybridized carbons (Fsp3) is 0.200. The van der Waals surface area contributed by atoms with E-state index in [2.05, 4.69) is 5.92 Å². The van der Waals surface area contributed by atoms with E-state index in [4.69, 9.17) is 15.3 Å². The summed E-state index contributed by atoms with van der Waals surface area (Å²) in [4.78, 5) is -0.00211. The first-order valence-corrected chi connectivity index (χ1v) is 5.59. The molecule has 1 aromatic rings. The average molecular weight is 224 g/mol. The normalized spacial score (nSPS) is 27.2. The van der Waals surface area contributed by atoms with Gasteiger partial charge in [0.2, 0.25) is 0 Å². The van der Waals surface area contributed by atoms with Crippen molar-refractivity contribution in [2.75, 3.05) is 0 Å². The minimum absolute atomic E-state index is 0.00211. The number of terminal acetylenes is 1. The SMILES string of the molecule is C#CC1(C)Oc2ccccc2S(=O)(=O)O1. The highest BCUT2D eigenvalue weighted by atomic mass is 32.2. The summed E-state index contributed by atoms with van der Waals surface area (Å²) in [7, 11) is -3.83. The van der Waals surface area contributed by atoms with Gasteiger partial charge in [0.1, 0.15) is 10.6 Å². The number of fused-ring (bicyclic) bond motifs is 1. The Balaban J connectivity index is 2.65. The predicted octanol–water partition coefficient (Wildman–Crippen LogP) is 1.13. The lowest BCUT2D eigenvalue weighted by Crippen LogP contribution is -2.40. The number of hydrogen-bond donors (Lipinski definition) is 0. The van der Waals surface area contributed by atoms with Gasteiger partial charge in [-0.25, -0.2) is 4.18 Å². The largest absolute Gasteiger partial charge is 0.449 e. The summed E-state index contributed by atoms with van der Waals surface area (Å²) < 4.78 is 33.3. The van der Waals surface area contributed by atoms with Crippen LogP contribution in [0.3, 0.4) is 0 Å². The van der Waals surface area contributed by atoms with Gasteiger partial charge in [-0.2, -0.15) is 8.42 Å². The molecule has 0 saturated heterocycles. The van der Waals surface area contributed by atoms with Gasteiger partial charge in [-0.3, -0.25) is 0 Å². The van der Waals surface area contributed by atoms with Gasteiger partial charge < -0.3 is 4.74 Å². The van der Waals surface area contributed by atoms with E-state index in [0.29, 0.717) is 0 Å². The van der Waals surface area contributed by atoms with E-state index in [0.717, 1.165) is 0 Å². The maximum atomic E-state index is 11.6. The lowest BCUT2D eigenvalue weighted by atomic mass is 10.3. The van der Waals surface area contributed by atoms with Crippen LogP contribution in [0, 0.1) is 12.3 Å². The molecule has 1 atom stereocenters. The zero-order chi connectivity index (χ0) is 11.1. The third-order valence-corrected chi connectivity index (χ3v) is 3.37. The zero-order valence-electron chi connectivity index (χ0n) is 7.93. The summed E-state index contributed by atoms with van der Waals surface area (Å²) in [5.41, 5.74) is 0. The third-order valence-electron chi connectivity index (χ3n) is 1.95. The summed E-state index contributed by atoms with van der Waals surface area (Å²) in [6.07, 6.45) is 5.15. The summed E-state index contributed by atoms with van der Waals surface area (Å²) in [6, 6.07) is 6.18. The molecule has 1 aliphatic heterocycles. The molecule has 15 heavy (non-hydrogen) atoms. The van der Waals surface area contributed by atoms with Crippen LogP contribution in [-0.2, 0) is 14.3 Å². The van der Waals surface area contributed by atoms with E-state index < -0.39 is 15.9 Å². The number of rotatable bonds is 0. The fourth-order valence-corrected chi connectivity index (χ4v) is 2.47. The van der Waals surface area contributed by atoms with E-state index in [1.54, 1.807) is 12.1 Å². The summed E-state index contributed by atoms with van der Waals surface area (Å²) in [6.45, 7) is 1.38.